The quantitative estimate of drug-likeness (QED) is 0.674. The van der Waals surface area contributed by atoms with E-state index in [-0.39, 0.29) is 0 Å². The second kappa shape index (κ2) is 5.55. The molecule has 86 valence electrons. The van der Waals surface area contributed by atoms with Gasteiger partial charge in [-0.25, -0.2) is 0 Å². The van der Waals surface area contributed by atoms with Gasteiger partial charge in [0.15, 0.2) is 0 Å². The van der Waals surface area contributed by atoms with E-state index in [0.29, 0.717) is 0 Å². The predicted molar refractivity (Wildman–Crippen MR) is 72.7 cm³/mol. The molecule has 0 radical (unpaired) electrons. The number of hydrogen-bond donors (Lipinski definition) is 0. The third kappa shape index (κ3) is 2.75. The topological polar surface area (TPSA) is 3.24 Å². The van der Waals surface area contributed by atoms with Gasteiger partial charge >= 0.3 is 0 Å². The summed E-state index contributed by atoms with van der Waals surface area (Å²) in [6.07, 6.45) is 1.03. The van der Waals surface area contributed by atoms with Crippen molar-refractivity contribution in [3.8, 4) is 0 Å². The van der Waals surface area contributed by atoms with E-state index in [9.17, 15) is 0 Å². The van der Waals surface area contributed by atoms with Gasteiger partial charge in [-0.2, -0.15) is 0 Å². The number of benzene rings is 1. The van der Waals surface area contributed by atoms with Crippen molar-refractivity contribution in [2.45, 2.75) is 27.2 Å². The number of rotatable bonds is 4. The van der Waals surface area contributed by atoms with E-state index >= 15 is 0 Å². The summed E-state index contributed by atoms with van der Waals surface area (Å²) in [4.78, 5) is 2.22. The molecule has 0 spiro atoms. The standard InChI is InChI=1S/C15H21N/c1-6-15(12(2)3)13(4)16(5)14-10-8-7-9-11-14/h7-11H,2,6H2,1,3-5H3/b15-13-. The Bertz CT molecular complexity index is 387. The SMILES string of the molecule is C=C(C)/C(CC)=C(/C)N(C)c1ccccc1. The van der Waals surface area contributed by atoms with Crippen LogP contribution in [0.2, 0.25) is 0 Å². The van der Waals surface area contributed by atoms with Crippen molar-refractivity contribution < 1.29 is 0 Å². The lowest BCUT2D eigenvalue weighted by Gasteiger charge is -2.23. The van der Waals surface area contributed by atoms with Crippen LogP contribution in [0.4, 0.5) is 5.69 Å². The molecule has 1 rings (SSSR count). The van der Waals surface area contributed by atoms with Gasteiger partial charge in [-0.1, -0.05) is 37.3 Å². The van der Waals surface area contributed by atoms with Crippen molar-refractivity contribution in [2.75, 3.05) is 11.9 Å². The van der Waals surface area contributed by atoms with Gasteiger partial charge in [-0.15, -0.1) is 0 Å². The Morgan fingerprint density at radius 3 is 2.19 bits per heavy atom. The van der Waals surface area contributed by atoms with Gasteiger partial charge in [0.2, 0.25) is 0 Å². The first kappa shape index (κ1) is 12.6. The van der Waals surface area contributed by atoms with Crippen LogP contribution in [0.3, 0.4) is 0 Å². The molecule has 0 aliphatic heterocycles. The van der Waals surface area contributed by atoms with Crippen LogP contribution in [0, 0.1) is 0 Å². The average molecular weight is 215 g/mol. The second-order valence-electron chi connectivity index (χ2n) is 4.09. The van der Waals surface area contributed by atoms with Crippen molar-refractivity contribution in [3.63, 3.8) is 0 Å². The number of nitrogens with zero attached hydrogens (tertiary/aromatic N) is 1. The van der Waals surface area contributed by atoms with Crippen LogP contribution in [-0.4, -0.2) is 7.05 Å². The fourth-order valence-corrected chi connectivity index (χ4v) is 1.91. The zero-order valence-corrected chi connectivity index (χ0v) is 10.7. The van der Waals surface area contributed by atoms with Crippen LogP contribution in [-0.2, 0) is 0 Å². The molecular formula is C15H21N. The highest BCUT2D eigenvalue weighted by atomic mass is 15.1. The highest BCUT2D eigenvalue weighted by molar-refractivity contribution is 5.53. The van der Waals surface area contributed by atoms with Gasteiger partial charge in [0.25, 0.3) is 0 Å². The van der Waals surface area contributed by atoms with Crippen molar-refractivity contribution in [3.05, 3.63) is 53.8 Å². The molecule has 0 aromatic heterocycles. The van der Waals surface area contributed by atoms with Gasteiger partial charge in [0.05, 0.1) is 0 Å². The van der Waals surface area contributed by atoms with E-state index in [0.717, 1.165) is 12.0 Å². The van der Waals surface area contributed by atoms with Crippen LogP contribution in [0.25, 0.3) is 0 Å². The third-order valence-corrected chi connectivity index (χ3v) is 2.95. The normalized spacial score (nSPS) is 12.0. The smallest absolute Gasteiger partial charge is 0.0405 e. The summed E-state index contributed by atoms with van der Waals surface area (Å²) < 4.78 is 0. The van der Waals surface area contributed by atoms with E-state index in [1.165, 1.54) is 17.0 Å². The van der Waals surface area contributed by atoms with Crippen LogP contribution >= 0.6 is 0 Å². The van der Waals surface area contributed by atoms with Gasteiger partial charge in [-0.3, -0.25) is 0 Å². The zero-order chi connectivity index (χ0) is 12.1. The van der Waals surface area contributed by atoms with Crippen molar-refractivity contribution in [2.24, 2.45) is 0 Å². The van der Waals surface area contributed by atoms with E-state index < -0.39 is 0 Å². The summed E-state index contributed by atoms with van der Waals surface area (Å²) in [5.41, 5.74) is 4.99. The van der Waals surface area contributed by atoms with Gasteiger partial charge in [-0.05, 0) is 38.0 Å². The van der Waals surface area contributed by atoms with Gasteiger partial charge < -0.3 is 4.90 Å². The van der Waals surface area contributed by atoms with E-state index in [1.54, 1.807) is 0 Å². The monoisotopic (exact) mass is 215 g/mol. The van der Waals surface area contributed by atoms with Crippen LogP contribution in [0.15, 0.2) is 53.8 Å². The molecule has 0 fully saturated rings. The molecule has 16 heavy (non-hydrogen) atoms. The Morgan fingerprint density at radius 2 is 1.75 bits per heavy atom. The lowest BCUT2D eigenvalue weighted by Crippen LogP contribution is -2.16. The third-order valence-electron chi connectivity index (χ3n) is 2.95. The maximum absolute atomic E-state index is 4.04. The molecule has 1 heteroatoms. The Morgan fingerprint density at radius 1 is 1.19 bits per heavy atom. The first-order chi connectivity index (χ1) is 7.57. The molecule has 0 atom stereocenters. The fourth-order valence-electron chi connectivity index (χ4n) is 1.91. The zero-order valence-electron chi connectivity index (χ0n) is 10.7. The van der Waals surface area contributed by atoms with Crippen LogP contribution in [0.5, 0.6) is 0 Å². The van der Waals surface area contributed by atoms with Gasteiger partial charge in [0, 0.05) is 18.4 Å². The van der Waals surface area contributed by atoms with Gasteiger partial charge in [0.1, 0.15) is 0 Å². The molecule has 0 unspecified atom stereocenters. The molecule has 0 aliphatic carbocycles. The lowest BCUT2D eigenvalue weighted by atomic mass is 10.0. The number of para-hydroxylation sites is 1. The van der Waals surface area contributed by atoms with Crippen LogP contribution in [0.1, 0.15) is 27.2 Å². The summed E-state index contributed by atoms with van der Waals surface area (Å²) in [5.74, 6) is 0. The number of anilines is 1. The molecule has 0 aliphatic rings. The Balaban J connectivity index is 3.06. The summed E-state index contributed by atoms with van der Waals surface area (Å²) in [6, 6.07) is 10.4. The minimum atomic E-state index is 1.03. The van der Waals surface area contributed by atoms with E-state index in [4.69, 9.17) is 0 Å². The molecule has 1 aromatic carbocycles. The average Bonchev–Trinajstić information content (AvgIpc) is 2.29. The van der Waals surface area contributed by atoms with Crippen molar-refractivity contribution >= 4 is 5.69 Å². The maximum Gasteiger partial charge on any atom is 0.0405 e. The van der Waals surface area contributed by atoms with Crippen LogP contribution < -0.4 is 4.90 Å². The molecule has 0 amide bonds. The first-order valence-corrected chi connectivity index (χ1v) is 5.72. The van der Waals surface area contributed by atoms with Crippen molar-refractivity contribution in [1.82, 2.24) is 0 Å². The summed E-state index contributed by atoms with van der Waals surface area (Å²) in [5, 5.41) is 0. The highest BCUT2D eigenvalue weighted by Gasteiger charge is 2.07. The molecule has 1 nitrogen and oxygen atoms in total. The number of allylic oxidation sites excluding steroid dienone is 3. The summed E-state index contributed by atoms with van der Waals surface area (Å²) in [6.45, 7) is 10.4. The second-order valence-corrected chi connectivity index (χ2v) is 4.09. The van der Waals surface area contributed by atoms with Crippen molar-refractivity contribution in [1.29, 1.82) is 0 Å². The molecule has 0 N–H and O–H groups in total. The molecule has 0 saturated heterocycles. The minimum absolute atomic E-state index is 1.03. The Kier molecular flexibility index (Phi) is 4.36. The lowest BCUT2D eigenvalue weighted by molar-refractivity contribution is 0.993. The summed E-state index contributed by atoms with van der Waals surface area (Å²) in [7, 11) is 2.10. The van der Waals surface area contributed by atoms with E-state index in [2.05, 4.69) is 63.6 Å². The number of hydrogen-bond acceptors (Lipinski definition) is 1. The minimum Gasteiger partial charge on any atom is -0.348 e. The first-order valence-electron chi connectivity index (χ1n) is 5.72. The Labute approximate surface area is 99.1 Å². The molecule has 0 saturated carbocycles. The molecule has 1 aromatic rings. The highest BCUT2D eigenvalue weighted by Crippen LogP contribution is 2.23. The molecule has 0 bridgehead atoms. The Hall–Kier alpha value is -1.50. The molecule has 0 heterocycles. The summed E-state index contributed by atoms with van der Waals surface area (Å²) >= 11 is 0. The largest absolute Gasteiger partial charge is 0.348 e. The van der Waals surface area contributed by atoms with E-state index in [1.807, 2.05) is 6.07 Å². The fraction of sp³-hybridized carbons (Fsp3) is 0.333. The molecular weight excluding hydrogens is 194 g/mol. The maximum atomic E-state index is 4.04. The predicted octanol–water partition coefficient (Wildman–Crippen LogP) is 4.38.